The highest BCUT2D eigenvalue weighted by Crippen LogP contribution is 2.30. The molecule has 98 valence electrons. The molecular weight excluding hydrogens is 256 g/mol. The number of para-hydroxylation sites is 1. The third-order valence-electron chi connectivity index (χ3n) is 3.12. The van der Waals surface area contributed by atoms with Crippen LogP contribution in [0.25, 0.3) is 22.4 Å². The summed E-state index contributed by atoms with van der Waals surface area (Å²) in [4.78, 5) is 4.59. The van der Waals surface area contributed by atoms with Crippen molar-refractivity contribution in [2.24, 2.45) is 5.73 Å². The van der Waals surface area contributed by atoms with Crippen LogP contribution in [0, 0.1) is 0 Å². The normalized spacial score (nSPS) is 12.9. The van der Waals surface area contributed by atoms with E-state index in [4.69, 9.17) is 10.2 Å². The fourth-order valence-corrected chi connectivity index (χ4v) is 2.96. The van der Waals surface area contributed by atoms with Gasteiger partial charge < -0.3 is 10.2 Å². The summed E-state index contributed by atoms with van der Waals surface area (Å²) < 4.78 is 5.81. The van der Waals surface area contributed by atoms with Crippen LogP contribution in [0.5, 0.6) is 0 Å². The zero-order valence-electron chi connectivity index (χ0n) is 10.8. The van der Waals surface area contributed by atoms with Crippen LogP contribution < -0.4 is 5.73 Å². The minimum absolute atomic E-state index is 0.0353. The number of thiazole rings is 1. The smallest absolute Gasteiger partial charge is 0.154 e. The first-order chi connectivity index (χ1) is 9.28. The van der Waals surface area contributed by atoms with Crippen molar-refractivity contribution in [2.45, 2.75) is 25.8 Å². The molecule has 0 amide bonds. The van der Waals surface area contributed by atoms with E-state index in [1.165, 1.54) is 0 Å². The van der Waals surface area contributed by atoms with E-state index in [1.54, 1.807) is 11.3 Å². The zero-order valence-corrected chi connectivity index (χ0v) is 11.6. The Morgan fingerprint density at radius 1 is 1.37 bits per heavy atom. The zero-order chi connectivity index (χ0) is 13.2. The molecule has 3 rings (SSSR count). The van der Waals surface area contributed by atoms with E-state index in [1.807, 2.05) is 35.7 Å². The van der Waals surface area contributed by atoms with Crippen molar-refractivity contribution in [1.82, 2.24) is 4.98 Å². The molecule has 3 nitrogen and oxygen atoms in total. The summed E-state index contributed by atoms with van der Waals surface area (Å²) in [6.45, 7) is 2.13. The van der Waals surface area contributed by atoms with Crippen LogP contribution in [-0.4, -0.2) is 4.98 Å². The molecule has 0 fully saturated rings. The Balaban J connectivity index is 1.93. The number of nitrogens with zero attached hydrogens (tertiary/aromatic N) is 1. The molecule has 3 aromatic rings. The summed E-state index contributed by atoms with van der Waals surface area (Å²) in [6.07, 6.45) is 2.04. The largest absolute Gasteiger partial charge is 0.454 e. The molecule has 0 saturated carbocycles. The van der Waals surface area contributed by atoms with E-state index in [0.29, 0.717) is 0 Å². The maximum absolute atomic E-state index is 6.09. The van der Waals surface area contributed by atoms with E-state index >= 15 is 0 Å². The van der Waals surface area contributed by atoms with Gasteiger partial charge in [0.25, 0.3) is 0 Å². The molecule has 0 aliphatic carbocycles. The number of hydrogen-bond acceptors (Lipinski definition) is 4. The minimum atomic E-state index is 0.0353. The van der Waals surface area contributed by atoms with Gasteiger partial charge >= 0.3 is 0 Å². The quantitative estimate of drug-likeness (QED) is 0.768. The first-order valence-corrected chi connectivity index (χ1v) is 7.36. The highest BCUT2D eigenvalue weighted by atomic mass is 32.1. The average molecular weight is 272 g/mol. The van der Waals surface area contributed by atoms with Crippen molar-refractivity contribution in [2.75, 3.05) is 0 Å². The van der Waals surface area contributed by atoms with Crippen molar-refractivity contribution in [3.8, 4) is 11.5 Å². The molecule has 2 aromatic heterocycles. The van der Waals surface area contributed by atoms with E-state index in [9.17, 15) is 0 Å². The first kappa shape index (κ1) is 12.4. The number of furan rings is 1. The Morgan fingerprint density at radius 3 is 3.00 bits per heavy atom. The topological polar surface area (TPSA) is 52.0 Å². The molecule has 1 atom stereocenters. The number of nitrogens with two attached hydrogens (primary N) is 1. The summed E-state index contributed by atoms with van der Waals surface area (Å²) in [7, 11) is 0. The van der Waals surface area contributed by atoms with Crippen LogP contribution in [0.4, 0.5) is 0 Å². The number of hydrogen-bond donors (Lipinski definition) is 1. The Labute approximate surface area is 116 Å². The van der Waals surface area contributed by atoms with Gasteiger partial charge in [0.15, 0.2) is 5.76 Å². The van der Waals surface area contributed by atoms with Gasteiger partial charge in [-0.05, 0) is 18.6 Å². The number of aromatic nitrogens is 1. The molecule has 0 aliphatic rings. The molecular formula is C15H16N2OS. The molecule has 0 saturated heterocycles. The van der Waals surface area contributed by atoms with Gasteiger partial charge in [-0.3, -0.25) is 0 Å². The van der Waals surface area contributed by atoms with Gasteiger partial charge in [-0.2, -0.15) is 0 Å². The second kappa shape index (κ2) is 5.15. The molecule has 0 bridgehead atoms. The lowest BCUT2D eigenvalue weighted by atomic mass is 10.2. The van der Waals surface area contributed by atoms with E-state index in [2.05, 4.69) is 11.9 Å². The summed E-state index contributed by atoms with van der Waals surface area (Å²) >= 11 is 1.61. The Kier molecular flexibility index (Phi) is 3.36. The van der Waals surface area contributed by atoms with E-state index in [0.717, 1.165) is 40.3 Å². The molecule has 1 unspecified atom stereocenters. The van der Waals surface area contributed by atoms with Crippen LogP contribution in [0.15, 0.2) is 40.1 Å². The highest BCUT2D eigenvalue weighted by Gasteiger charge is 2.13. The fourth-order valence-electron chi connectivity index (χ4n) is 2.11. The van der Waals surface area contributed by atoms with Gasteiger partial charge in [0.05, 0.1) is 6.04 Å². The predicted octanol–water partition coefficient (Wildman–Crippen LogP) is 4.36. The van der Waals surface area contributed by atoms with Crippen molar-refractivity contribution in [1.29, 1.82) is 0 Å². The summed E-state index contributed by atoms with van der Waals surface area (Å²) in [5, 5.41) is 4.10. The van der Waals surface area contributed by atoms with Gasteiger partial charge in [-0.15, -0.1) is 11.3 Å². The predicted molar refractivity (Wildman–Crippen MR) is 79.2 cm³/mol. The molecule has 0 aliphatic heterocycles. The van der Waals surface area contributed by atoms with Crippen LogP contribution in [-0.2, 0) is 0 Å². The highest BCUT2D eigenvalue weighted by molar-refractivity contribution is 7.10. The van der Waals surface area contributed by atoms with Gasteiger partial charge in [0, 0.05) is 10.8 Å². The average Bonchev–Trinajstić information content (AvgIpc) is 3.05. The number of fused-ring (bicyclic) bond motifs is 1. The molecule has 1 aromatic carbocycles. The third-order valence-corrected chi connectivity index (χ3v) is 4.09. The van der Waals surface area contributed by atoms with Gasteiger partial charge in [0.1, 0.15) is 16.3 Å². The molecule has 0 radical (unpaired) electrons. The lowest BCUT2D eigenvalue weighted by molar-refractivity contribution is 0.621. The second-order valence-corrected chi connectivity index (χ2v) is 5.50. The van der Waals surface area contributed by atoms with E-state index in [-0.39, 0.29) is 6.04 Å². The fraction of sp³-hybridized carbons (Fsp3) is 0.267. The molecule has 0 spiro atoms. The SMILES string of the molecule is CCCC(N)c1nc(-c2cc3ccccc3o2)cs1. The van der Waals surface area contributed by atoms with Crippen molar-refractivity contribution in [3.63, 3.8) is 0 Å². The van der Waals surface area contributed by atoms with Gasteiger partial charge in [0.2, 0.25) is 0 Å². The van der Waals surface area contributed by atoms with Crippen molar-refractivity contribution < 1.29 is 4.42 Å². The summed E-state index contributed by atoms with van der Waals surface area (Å²) in [5.74, 6) is 0.812. The van der Waals surface area contributed by atoms with Crippen molar-refractivity contribution >= 4 is 22.3 Å². The molecule has 2 heterocycles. The molecule has 2 N–H and O–H groups in total. The van der Waals surface area contributed by atoms with Crippen LogP contribution in [0.1, 0.15) is 30.8 Å². The second-order valence-electron chi connectivity index (χ2n) is 4.61. The molecule has 4 heteroatoms. The summed E-state index contributed by atoms with van der Waals surface area (Å²) in [6, 6.07) is 10.0. The summed E-state index contributed by atoms with van der Waals surface area (Å²) in [5.41, 5.74) is 7.86. The first-order valence-electron chi connectivity index (χ1n) is 6.48. The maximum Gasteiger partial charge on any atom is 0.154 e. The lowest BCUT2D eigenvalue weighted by Crippen LogP contribution is -2.09. The van der Waals surface area contributed by atoms with Crippen molar-refractivity contribution in [3.05, 3.63) is 40.7 Å². The van der Waals surface area contributed by atoms with Crippen LogP contribution in [0.2, 0.25) is 0 Å². The Morgan fingerprint density at radius 2 is 2.21 bits per heavy atom. The third kappa shape index (κ3) is 2.41. The van der Waals surface area contributed by atoms with Gasteiger partial charge in [-0.1, -0.05) is 31.5 Å². The standard InChI is InChI=1S/C15H16N2OS/c1-2-5-11(16)15-17-12(9-19-15)14-8-10-6-3-4-7-13(10)18-14/h3-4,6-9,11H,2,5,16H2,1H3. The molecule has 19 heavy (non-hydrogen) atoms. The van der Waals surface area contributed by atoms with Gasteiger partial charge in [-0.25, -0.2) is 4.98 Å². The van der Waals surface area contributed by atoms with Crippen LogP contribution >= 0.6 is 11.3 Å². The lowest BCUT2D eigenvalue weighted by Gasteiger charge is -2.04. The number of benzene rings is 1. The number of rotatable bonds is 4. The Hall–Kier alpha value is -1.65. The minimum Gasteiger partial charge on any atom is -0.454 e. The van der Waals surface area contributed by atoms with E-state index < -0.39 is 0 Å². The van der Waals surface area contributed by atoms with Crippen LogP contribution in [0.3, 0.4) is 0 Å². The Bertz CT molecular complexity index is 653. The maximum atomic E-state index is 6.09. The monoisotopic (exact) mass is 272 g/mol.